The summed E-state index contributed by atoms with van der Waals surface area (Å²) in [6.07, 6.45) is 2.19. The largest absolute Gasteiger partial charge is 0.378 e. The molecule has 0 aliphatic carbocycles. The van der Waals surface area contributed by atoms with E-state index in [2.05, 4.69) is 20.6 Å². The van der Waals surface area contributed by atoms with E-state index in [0.29, 0.717) is 18.0 Å². The van der Waals surface area contributed by atoms with E-state index in [1.54, 1.807) is 12.3 Å². The average molecular weight is 277 g/mol. The minimum absolute atomic E-state index is 0.00686. The van der Waals surface area contributed by atoms with Crippen LogP contribution in [0.15, 0.2) is 18.3 Å². The number of halogens is 1. The fourth-order valence-electron chi connectivity index (χ4n) is 2.14. The van der Waals surface area contributed by atoms with Crippen molar-refractivity contribution >= 4 is 28.9 Å². The molecule has 1 aliphatic rings. The van der Waals surface area contributed by atoms with Gasteiger partial charge in [-0.05, 0) is 24.6 Å². The molecule has 5 nitrogen and oxygen atoms in total. The number of carbonyl (C=O) groups is 1. The molecular weight excluding hydrogens is 264 g/mol. The van der Waals surface area contributed by atoms with E-state index in [-0.39, 0.29) is 5.91 Å². The molecular formula is C13H13ClN4O. The smallest absolute Gasteiger partial charge is 0.228 e. The molecule has 98 valence electrons. The first-order chi connectivity index (χ1) is 9.11. The molecule has 0 saturated heterocycles. The third kappa shape index (κ3) is 2.42. The molecule has 2 aromatic rings. The third-order valence-electron chi connectivity index (χ3n) is 3.04. The number of aromatic nitrogens is 2. The number of rotatable bonds is 3. The van der Waals surface area contributed by atoms with Gasteiger partial charge in [-0.25, -0.2) is 4.98 Å². The van der Waals surface area contributed by atoms with Gasteiger partial charge < -0.3 is 15.6 Å². The van der Waals surface area contributed by atoms with Crippen molar-refractivity contribution in [2.45, 2.75) is 19.9 Å². The van der Waals surface area contributed by atoms with Gasteiger partial charge in [0.1, 0.15) is 5.82 Å². The molecule has 2 heterocycles. The number of nitrogens with zero attached hydrogens (tertiary/aromatic N) is 1. The Bertz CT molecular complexity index is 650. The zero-order valence-electron chi connectivity index (χ0n) is 10.4. The van der Waals surface area contributed by atoms with Crippen molar-refractivity contribution < 1.29 is 4.79 Å². The van der Waals surface area contributed by atoms with Crippen LogP contribution in [0.2, 0.25) is 5.02 Å². The second-order valence-corrected chi connectivity index (χ2v) is 4.97. The Labute approximate surface area is 115 Å². The standard InChI is InChI=1S/C13H13ClN4O/c1-7-15-5-9(17-7)6-16-12-2-8-3-13(19)18-11(8)4-10(12)14/h2,4-5,16H,3,6H2,1H3,(H,15,17)(H,18,19). The van der Waals surface area contributed by atoms with Crippen LogP contribution in [-0.4, -0.2) is 15.9 Å². The molecule has 1 amide bonds. The maximum Gasteiger partial charge on any atom is 0.228 e. The molecule has 1 aromatic carbocycles. The Morgan fingerprint density at radius 3 is 3.05 bits per heavy atom. The summed E-state index contributed by atoms with van der Waals surface area (Å²) in [5.41, 5.74) is 3.59. The predicted octanol–water partition coefficient (Wildman–Crippen LogP) is 2.48. The van der Waals surface area contributed by atoms with Crippen molar-refractivity contribution in [2.75, 3.05) is 10.6 Å². The highest BCUT2D eigenvalue weighted by Gasteiger charge is 2.19. The monoisotopic (exact) mass is 276 g/mol. The highest BCUT2D eigenvalue weighted by atomic mass is 35.5. The van der Waals surface area contributed by atoms with Crippen LogP contribution >= 0.6 is 11.6 Å². The summed E-state index contributed by atoms with van der Waals surface area (Å²) in [4.78, 5) is 18.6. The van der Waals surface area contributed by atoms with E-state index in [9.17, 15) is 4.79 Å². The maximum absolute atomic E-state index is 11.3. The molecule has 3 N–H and O–H groups in total. The topological polar surface area (TPSA) is 69.8 Å². The number of anilines is 2. The molecule has 6 heteroatoms. The summed E-state index contributed by atoms with van der Waals surface area (Å²) in [5.74, 6) is 0.888. The third-order valence-corrected chi connectivity index (χ3v) is 3.36. The predicted molar refractivity (Wildman–Crippen MR) is 74.4 cm³/mol. The van der Waals surface area contributed by atoms with Crippen LogP contribution in [0, 0.1) is 6.92 Å². The lowest BCUT2D eigenvalue weighted by atomic mass is 10.1. The molecule has 0 radical (unpaired) electrons. The summed E-state index contributed by atoms with van der Waals surface area (Å²) in [5, 5.41) is 6.61. The highest BCUT2D eigenvalue weighted by molar-refractivity contribution is 6.33. The van der Waals surface area contributed by atoms with Crippen molar-refractivity contribution in [3.63, 3.8) is 0 Å². The number of aromatic amines is 1. The van der Waals surface area contributed by atoms with Crippen LogP contribution in [0.25, 0.3) is 0 Å². The van der Waals surface area contributed by atoms with Crippen LogP contribution in [0.4, 0.5) is 11.4 Å². The Morgan fingerprint density at radius 2 is 2.32 bits per heavy atom. The van der Waals surface area contributed by atoms with Gasteiger partial charge in [0.2, 0.25) is 5.91 Å². The number of hydrogen-bond donors (Lipinski definition) is 3. The fraction of sp³-hybridized carbons (Fsp3) is 0.231. The zero-order valence-corrected chi connectivity index (χ0v) is 11.1. The van der Waals surface area contributed by atoms with E-state index in [4.69, 9.17) is 11.6 Å². The summed E-state index contributed by atoms with van der Waals surface area (Å²) >= 11 is 6.19. The second-order valence-electron chi connectivity index (χ2n) is 4.56. The first-order valence-electron chi connectivity index (χ1n) is 5.98. The minimum Gasteiger partial charge on any atom is -0.378 e. The molecule has 0 saturated carbocycles. The van der Waals surface area contributed by atoms with E-state index < -0.39 is 0 Å². The number of carbonyl (C=O) groups excluding carboxylic acids is 1. The lowest BCUT2D eigenvalue weighted by Crippen LogP contribution is -2.03. The maximum atomic E-state index is 11.3. The number of benzene rings is 1. The SMILES string of the molecule is Cc1ncc(CNc2cc3c(cc2Cl)NC(=O)C3)[nH]1. The van der Waals surface area contributed by atoms with E-state index in [1.807, 2.05) is 13.0 Å². The normalized spacial score (nSPS) is 13.3. The van der Waals surface area contributed by atoms with Gasteiger partial charge in [0, 0.05) is 5.69 Å². The van der Waals surface area contributed by atoms with Crippen molar-refractivity contribution in [1.82, 2.24) is 9.97 Å². The first kappa shape index (κ1) is 12.0. The highest BCUT2D eigenvalue weighted by Crippen LogP contribution is 2.32. The molecule has 1 aliphatic heterocycles. The van der Waals surface area contributed by atoms with Crippen LogP contribution in [0.5, 0.6) is 0 Å². The van der Waals surface area contributed by atoms with Gasteiger partial charge in [-0.1, -0.05) is 11.6 Å². The van der Waals surface area contributed by atoms with Gasteiger partial charge in [0.05, 0.1) is 35.6 Å². The van der Waals surface area contributed by atoms with E-state index >= 15 is 0 Å². The van der Waals surface area contributed by atoms with Crippen LogP contribution in [0.1, 0.15) is 17.1 Å². The van der Waals surface area contributed by atoms with E-state index in [1.165, 1.54) is 0 Å². The molecule has 0 unspecified atom stereocenters. The van der Waals surface area contributed by atoms with Crippen molar-refractivity contribution in [3.8, 4) is 0 Å². The lowest BCUT2D eigenvalue weighted by molar-refractivity contribution is -0.115. The van der Waals surface area contributed by atoms with Crippen molar-refractivity contribution in [2.24, 2.45) is 0 Å². The number of aryl methyl sites for hydroxylation is 1. The number of nitrogens with one attached hydrogen (secondary N) is 3. The Morgan fingerprint density at radius 1 is 1.47 bits per heavy atom. The van der Waals surface area contributed by atoms with Crippen molar-refractivity contribution in [1.29, 1.82) is 0 Å². The summed E-state index contributed by atoms with van der Waals surface area (Å²) in [6.45, 7) is 2.52. The Hall–Kier alpha value is -2.01. The van der Waals surface area contributed by atoms with Gasteiger partial charge in [-0.3, -0.25) is 4.79 Å². The van der Waals surface area contributed by atoms with E-state index in [0.717, 1.165) is 28.5 Å². The second kappa shape index (κ2) is 4.59. The molecule has 0 atom stereocenters. The number of fused-ring (bicyclic) bond motifs is 1. The number of H-pyrrole nitrogens is 1. The summed E-state index contributed by atoms with van der Waals surface area (Å²) in [6, 6.07) is 3.70. The van der Waals surface area contributed by atoms with Gasteiger partial charge >= 0.3 is 0 Å². The number of amides is 1. The Kier molecular flexibility index (Phi) is 2.91. The van der Waals surface area contributed by atoms with Gasteiger partial charge in [0.15, 0.2) is 0 Å². The number of imidazole rings is 1. The van der Waals surface area contributed by atoms with Crippen LogP contribution in [0.3, 0.4) is 0 Å². The van der Waals surface area contributed by atoms with Crippen molar-refractivity contribution in [3.05, 3.63) is 40.4 Å². The quantitative estimate of drug-likeness (QED) is 0.807. The minimum atomic E-state index is 0.00686. The number of hydrogen-bond acceptors (Lipinski definition) is 3. The average Bonchev–Trinajstić information content (AvgIpc) is 2.91. The molecule has 0 fully saturated rings. The van der Waals surface area contributed by atoms with Gasteiger partial charge in [-0.15, -0.1) is 0 Å². The lowest BCUT2D eigenvalue weighted by Gasteiger charge is -2.09. The molecule has 3 rings (SSSR count). The molecule has 0 spiro atoms. The van der Waals surface area contributed by atoms with Crippen LogP contribution in [-0.2, 0) is 17.8 Å². The van der Waals surface area contributed by atoms with Gasteiger partial charge in [0.25, 0.3) is 0 Å². The molecule has 0 bridgehead atoms. The molecule has 1 aromatic heterocycles. The zero-order chi connectivity index (χ0) is 13.4. The summed E-state index contributed by atoms with van der Waals surface area (Å²) in [7, 11) is 0. The fourth-order valence-corrected chi connectivity index (χ4v) is 2.37. The molecule has 19 heavy (non-hydrogen) atoms. The summed E-state index contributed by atoms with van der Waals surface area (Å²) < 4.78 is 0. The van der Waals surface area contributed by atoms with Gasteiger partial charge in [-0.2, -0.15) is 0 Å². The van der Waals surface area contributed by atoms with Crippen LogP contribution < -0.4 is 10.6 Å². The Balaban J connectivity index is 1.78. The first-order valence-corrected chi connectivity index (χ1v) is 6.36.